The van der Waals surface area contributed by atoms with Crippen LogP contribution in [0.25, 0.3) is 0 Å². The van der Waals surface area contributed by atoms with Crippen LogP contribution in [-0.2, 0) is 4.74 Å². The summed E-state index contributed by atoms with van der Waals surface area (Å²) in [5.41, 5.74) is -0.929. The van der Waals surface area contributed by atoms with Crippen LogP contribution in [0.1, 0.15) is 34.8 Å². The highest BCUT2D eigenvalue weighted by Gasteiger charge is 2.20. The zero-order valence-electron chi connectivity index (χ0n) is 8.70. The van der Waals surface area contributed by atoms with Gasteiger partial charge in [0.15, 0.2) is 5.78 Å². The van der Waals surface area contributed by atoms with Gasteiger partial charge in [0.25, 0.3) is 0 Å². The second-order valence-corrected chi connectivity index (χ2v) is 3.28. The van der Waals surface area contributed by atoms with E-state index in [1.165, 1.54) is 6.92 Å². The quantitative estimate of drug-likeness (QED) is 0.597. The molecule has 0 amide bonds. The summed E-state index contributed by atoms with van der Waals surface area (Å²) >= 11 is 5.61. The number of hydrogen-bond donors (Lipinski definition) is 0. The number of halogens is 1. The van der Waals surface area contributed by atoms with Gasteiger partial charge in [-0.3, -0.25) is 9.59 Å². The Labute approximate surface area is 96.0 Å². The molecule has 0 atom stereocenters. The molecule has 1 aromatic rings. The second-order valence-electron chi connectivity index (χ2n) is 2.90. The third-order valence-corrected chi connectivity index (χ3v) is 2.12. The first-order valence-electron chi connectivity index (χ1n) is 4.48. The summed E-state index contributed by atoms with van der Waals surface area (Å²) in [7, 11) is 0. The average molecular weight is 245 g/mol. The Balaban J connectivity index is 3.27. The third-order valence-electron chi connectivity index (χ3n) is 1.78. The van der Waals surface area contributed by atoms with Crippen LogP contribution in [0.4, 0.5) is 0 Å². The van der Waals surface area contributed by atoms with Gasteiger partial charge in [0.1, 0.15) is 16.8 Å². The van der Waals surface area contributed by atoms with Crippen LogP contribution >= 0.6 is 11.6 Å². The molecule has 1 aromatic heterocycles. The molecule has 6 heteroatoms. The Kier molecular flexibility index (Phi) is 3.84. The first-order chi connectivity index (χ1) is 7.49. The van der Waals surface area contributed by atoms with Gasteiger partial charge in [0, 0.05) is 0 Å². The molecule has 0 fully saturated rings. The summed E-state index contributed by atoms with van der Waals surface area (Å²) in [6, 6.07) is 0. The minimum atomic E-state index is -0.834. The Morgan fingerprint density at radius 3 is 2.62 bits per heavy atom. The van der Waals surface area contributed by atoms with E-state index in [2.05, 4.69) is 4.74 Å². The zero-order chi connectivity index (χ0) is 12.3. The lowest BCUT2D eigenvalue weighted by Gasteiger charge is -2.03. The van der Waals surface area contributed by atoms with E-state index in [0.717, 1.165) is 6.26 Å². The molecule has 0 unspecified atom stereocenters. The highest BCUT2D eigenvalue weighted by Crippen LogP contribution is 2.13. The van der Waals surface area contributed by atoms with Crippen molar-refractivity contribution in [2.24, 2.45) is 0 Å². The summed E-state index contributed by atoms with van der Waals surface area (Å²) < 4.78 is 9.44. The van der Waals surface area contributed by atoms with Crippen LogP contribution in [0, 0.1) is 0 Å². The van der Waals surface area contributed by atoms with Gasteiger partial charge < -0.3 is 9.15 Å². The normalized spacial score (nSPS) is 9.94. The van der Waals surface area contributed by atoms with Crippen LogP contribution in [0.5, 0.6) is 0 Å². The van der Waals surface area contributed by atoms with Gasteiger partial charge in [-0.15, -0.1) is 0 Å². The van der Waals surface area contributed by atoms with E-state index in [0.29, 0.717) is 0 Å². The smallest absolute Gasteiger partial charge is 0.375 e. The van der Waals surface area contributed by atoms with E-state index in [4.69, 9.17) is 16.0 Å². The number of carbonyl (C=O) groups excluding carboxylic acids is 2. The summed E-state index contributed by atoms with van der Waals surface area (Å²) in [6.07, 6.45) is 0.906. The van der Waals surface area contributed by atoms with Crippen molar-refractivity contribution in [2.45, 2.75) is 13.8 Å². The monoisotopic (exact) mass is 244 g/mol. The molecule has 5 nitrogen and oxygen atoms in total. The maximum absolute atomic E-state index is 11.5. The lowest BCUT2D eigenvalue weighted by Crippen LogP contribution is -2.17. The van der Waals surface area contributed by atoms with Crippen molar-refractivity contribution in [3.63, 3.8) is 0 Å². The molecule has 0 bridgehead atoms. The van der Waals surface area contributed by atoms with E-state index in [1.807, 2.05) is 0 Å². The topological polar surface area (TPSA) is 73.6 Å². The summed E-state index contributed by atoms with van der Waals surface area (Å²) in [6.45, 7) is 2.94. The molecule has 0 saturated carbocycles. The SMILES string of the molecule is CCOC(=O)c1occ(C(C)=O)c(=O)c1Cl. The maximum Gasteiger partial charge on any atom is 0.375 e. The van der Waals surface area contributed by atoms with Gasteiger partial charge in [0.05, 0.1) is 6.61 Å². The van der Waals surface area contributed by atoms with Crippen molar-refractivity contribution in [3.8, 4) is 0 Å². The number of ether oxygens (including phenoxy) is 1. The largest absolute Gasteiger partial charge is 0.460 e. The predicted molar refractivity (Wildman–Crippen MR) is 55.9 cm³/mol. The lowest BCUT2D eigenvalue weighted by molar-refractivity contribution is 0.0486. The molecule has 0 aromatic carbocycles. The first-order valence-corrected chi connectivity index (χ1v) is 4.86. The van der Waals surface area contributed by atoms with Crippen LogP contribution in [0.2, 0.25) is 5.02 Å². The van der Waals surface area contributed by atoms with Crippen molar-refractivity contribution < 1.29 is 18.7 Å². The minimum Gasteiger partial charge on any atom is -0.460 e. The number of esters is 1. The molecule has 0 N–H and O–H groups in total. The third kappa shape index (κ3) is 2.30. The van der Waals surface area contributed by atoms with E-state index >= 15 is 0 Å². The van der Waals surface area contributed by atoms with Gasteiger partial charge in [-0.2, -0.15) is 0 Å². The molecule has 0 spiro atoms. The summed E-state index contributed by atoms with van der Waals surface area (Å²) in [5, 5.41) is -0.439. The average Bonchev–Trinajstić information content (AvgIpc) is 2.21. The zero-order valence-corrected chi connectivity index (χ0v) is 9.46. The Morgan fingerprint density at radius 1 is 1.50 bits per heavy atom. The molecular formula is C10H9ClO5. The van der Waals surface area contributed by atoms with Gasteiger partial charge in [-0.1, -0.05) is 11.6 Å². The lowest BCUT2D eigenvalue weighted by atomic mass is 10.2. The van der Waals surface area contributed by atoms with Gasteiger partial charge in [0.2, 0.25) is 11.2 Å². The molecular weight excluding hydrogens is 236 g/mol. The fourth-order valence-electron chi connectivity index (χ4n) is 1.02. The molecule has 1 rings (SSSR count). The highest BCUT2D eigenvalue weighted by molar-refractivity contribution is 6.33. The molecule has 16 heavy (non-hydrogen) atoms. The minimum absolute atomic E-state index is 0.132. The van der Waals surface area contributed by atoms with Crippen LogP contribution in [0.3, 0.4) is 0 Å². The predicted octanol–water partition coefficient (Wildman–Crippen LogP) is 1.67. The van der Waals surface area contributed by atoms with Crippen LogP contribution in [0.15, 0.2) is 15.5 Å². The molecule has 0 saturated heterocycles. The van der Waals surface area contributed by atoms with Crippen molar-refractivity contribution in [3.05, 3.63) is 32.8 Å². The second kappa shape index (κ2) is 4.94. The number of carbonyl (C=O) groups is 2. The molecule has 86 valence electrons. The standard InChI is InChI=1S/C10H9ClO5/c1-3-15-10(14)9-7(11)8(13)6(4-16-9)5(2)12/h4H,3H2,1-2H3. The van der Waals surface area contributed by atoms with Crippen LogP contribution in [-0.4, -0.2) is 18.4 Å². The maximum atomic E-state index is 11.5. The van der Waals surface area contributed by atoms with E-state index in [1.54, 1.807) is 6.92 Å². The van der Waals surface area contributed by atoms with Crippen molar-refractivity contribution in [1.29, 1.82) is 0 Å². The fourth-order valence-corrected chi connectivity index (χ4v) is 1.25. The summed E-state index contributed by atoms with van der Waals surface area (Å²) in [5.74, 6) is -1.70. The number of ketones is 1. The Morgan fingerprint density at radius 2 is 2.12 bits per heavy atom. The van der Waals surface area contributed by atoms with E-state index < -0.39 is 28.0 Å². The molecule has 0 aliphatic rings. The highest BCUT2D eigenvalue weighted by atomic mass is 35.5. The Hall–Kier alpha value is -1.62. The Bertz CT molecular complexity index is 488. The van der Waals surface area contributed by atoms with E-state index in [9.17, 15) is 14.4 Å². The molecule has 1 heterocycles. The number of Topliss-reactive ketones (excluding diaryl/α,β-unsaturated/α-hetero) is 1. The number of rotatable bonds is 3. The van der Waals surface area contributed by atoms with Gasteiger partial charge >= 0.3 is 5.97 Å². The van der Waals surface area contributed by atoms with E-state index in [-0.39, 0.29) is 12.2 Å². The number of hydrogen-bond acceptors (Lipinski definition) is 5. The van der Waals surface area contributed by atoms with Crippen molar-refractivity contribution in [2.75, 3.05) is 6.61 Å². The first kappa shape index (κ1) is 12.4. The molecule has 0 aliphatic carbocycles. The van der Waals surface area contributed by atoms with Gasteiger partial charge in [-0.25, -0.2) is 4.79 Å². The molecule has 0 radical (unpaired) electrons. The van der Waals surface area contributed by atoms with Gasteiger partial charge in [-0.05, 0) is 13.8 Å². The fraction of sp³-hybridized carbons (Fsp3) is 0.300. The van der Waals surface area contributed by atoms with Crippen molar-refractivity contribution in [1.82, 2.24) is 0 Å². The van der Waals surface area contributed by atoms with Crippen molar-refractivity contribution >= 4 is 23.4 Å². The van der Waals surface area contributed by atoms with Crippen LogP contribution < -0.4 is 5.43 Å². The summed E-state index contributed by atoms with van der Waals surface area (Å²) in [4.78, 5) is 33.8. The molecule has 0 aliphatic heterocycles.